The zero-order valence-corrected chi connectivity index (χ0v) is 25.0. The number of pyridine rings is 1. The number of ether oxygens (including phenoxy) is 1. The van der Waals surface area contributed by atoms with E-state index in [2.05, 4.69) is 25.6 Å². The number of carbonyl (C=O) groups is 1. The van der Waals surface area contributed by atoms with Gasteiger partial charge in [0.2, 0.25) is 0 Å². The lowest BCUT2D eigenvalue weighted by atomic mass is 9.91. The van der Waals surface area contributed by atoms with Crippen molar-refractivity contribution in [3.8, 4) is 0 Å². The first-order chi connectivity index (χ1) is 15.4. The van der Waals surface area contributed by atoms with E-state index < -0.39 is 65.6 Å². The quantitative estimate of drug-likeness (QED) is 0.159. The Labute approximate surface area is 214 Å². The second-order valence-electron chi connectivity index (χ2n) is 10.5. The summed E-state index contributed by atoms with van der Waals surface area (Å²) in [5, 5.41) is 0.370. The number of esters is 1. The molecule has 0 aliphatic rings. The minimum absolute atomic E-state index is 0.184. The summed E-state index contributed by atoms with van der Waals surface area (Å²) < 4.78 is 66.1. The van der Waals surface area contributed by atoms with Crippen LogP contribution in [0.4, 0.5) is 13.2 Å². The maximum absolute atomic E-state index is 16.2. The van der Waals surface area contributed by atoms with Crippen LogP contribution in [0.25, 0.3) is 0 Å². The molecule has 1 rings (SSSR count). The summed E-state index contributed by atoms with van der Waals surface area (Å²) in [6.45, 7) is 15.5. The number of halogens is 4. The van der Waals surface area contributed by atoms with Crippen LogP contribution in [0.5, 0.6) is 0 Å². The fourth-order valence-corrected chi connectivity index (χ4v) is 9.00. The summed E-state index contributed by atoms with van der Waals surface area (Å²) in [7, 11) is -2.38. The summed E-state index contributed by atoms with van der Waals surface area (Å²) in [4.78, 5) is 16.9. The van der Waals surface area contributed by atoms with Crippen molar-refractivity contribution in [1.29, 1.82) is 0 Å². The molecule has 0 saturated heterocycles. The Kier molecular flexibility index (Phi) is 10.7. The van der Waals surface area contributed by atoms with E-state index in [1.54, 1.807) is 47.6 Å². The van der Waals surface area contributed by atoms with Gasteiger partial charge in [0.1, 0.15) is 26.5 Å². The Morgan fingerprint density at radius 2 is 1.68 bits per heavy atom. The highest BCUT2D eigenvalue weighted by Crippen LogP contribution is 2.37. The van der Waals surface area contributed by atoms with E-state index in [1.807, 2.05) is 20.8 Å². The molecule has 1 N–H and O–H groups in total. The average molecular weight is 588 g/mol. The fourth-order valence-electron chi connectivity index (χ4n) is 3.82. The largest absolute Gasteiger partial charge is 0.598 e. The number of hydrogen-bond acceptors (Lipinski definition) is 5. The lowest BCUT2D eigenvalue weighted by molar-refractivity contribution is -0.158. The monoisotopic (exact) mass is 586 g/mol. The van der Waals surface area contributed by atoms with Gasteiger partial charge in [0, 0.05) is 11.4 Å². The number of carbonyl (C=O) groups excluding carboxylic acids is 1. The molecule has 5 nitrogen and oxygen atoms in total. The van der Waals surface area contributed by atoms with Gasteiger partial charge in [0.25, 0.3) is 6.43 Å². The molecule has 0 spiro atoms. The van der Waals surface area contributed by atoms with E-state index in [-0.39, 0.29) is 4.60 Å². The maximum Gasteiger partial charge on any atom is 0.309 e. The molecule has 0 fully saturated rings. The number of rotatable bonds is 10. The van der Waals surface area contributed by atoms with Crippen molar-refractivity contribution >= 4 is 46.5 Å². The van der Waals surface area contributed by atoms with Crippen LogP contribution >= 0.6 is 15.9 Å². The van der Waals surface area contributed by atoms with Crippen molar-refractivity contribution in [3.63, 3.8) is 0 Å². The van der Waals surface area contributed by atoms with Crippen LogP contribution in [0.2, 0.25) is 18.1 Å². The lowest BCUT2D eigenvalue weighted by Crippen LogP contribution is -2.58. The average Bonchev–Trinajstić information content (AvgIpc) is 2.68. The number of nitrogens with one attached hydrogen (secondary N) is 1. The number of alkyl halides is 2. The fraction of sp³-hybridized carbons (Fsp3) is 0.739. The molecule has 196 valence electrons. The van der Waals surface area contributed by atoms with Crippen LogP contribution in [0.15, 0.2) is 10.7 Å². The molecule has 2 atom stereocenters. The predicted octanol–water partition coefficient (Wildman–Crippen LogP) is 5.94. The van der Waals surface area contributed by atoms with Crippen molar-refractivity contribution in [1.82, 2.24) is 9.71 Å². The third kappa shape index (κ3) is 7.21. The standard InChI is InChI=1S/C23H38BrF3N2O3SSi/c1-10-34(11-2,12-3)15-13-16(24)28-19(18(15)25)23(20(26)27,29-33(31)22(7,8)9)14-17(30)32-21(4,5)6/h13,20,29H,10-12,14H2,1-9H3/t23-,33?/m0/s1. The summed E-state index contributed by atoms with van der Waals surface area (Å²) in [5.74, 6) is -1.85. The minimum atomic E-state index is -3.31. The molecule has 0 bridgehead atoms. The maximum atomic E-state index is 16.2. The van der Waals surface area contributed by atoms with Gasteiger partial charge < -0.3 is 9.29 Å². The van der Waals surface area contributed by atoms with Crippen LogP contribution in [-0.2, 0) is 26.4 Å². The normalized spacial score (nSPS) is 15.9. The molecule has 0 aliphatic heterocycles. The summed E-state index contributed by atoms with van der Waals surface area (Å²) in [5.41, 5.74) is -4.22. The highest BCUT2D eigenvalue weighted by Gasteiger charge is 2.54. The van der Waals surface area contributed by atoms with Crippen molar-refractivity contribution in [2.45, 2.75) is 109 Å². The van der Waals surface area contributed by atoms with Crippen LogP contribution in [0.3, 0.4) is 0 Å². The van der Waals surface area contributed by atoms with Gasteiger partial charge in [-0.05, 0) is 68.7 Å². The second-order valence-corrected chi connectivity index (χ2v) is 18.5. The van der Waals surface area contributed by atoms with Gasteiger partial charge >= 0.3 is 5.97 Å². The zero-order valence-electron chi connectivity index (χ0n) is 21.6. The van der Waals surface area contributed by atoms with Gasteiger partial charge in [0.15, 0.2) is 5.54 Å². The summed E-state index contributed by atoms with van der Waals surface area (Å²) >= 11 is 1.21. The van der Waals surface area contributed by atoms with E-state index >= 15 is 4.39 Å². The molecule has 0 aliphatic carbocycles. The van der Waals surface area contributed by atoms with E-state index in [9.17, 15) is 18.1 Å². The first-order valence-corrected chi connectivity index (χ1v) is 16.0. The first-order valence-electron chi connectivity index (χ1n) is 11.5. The van der Waals surface area contributed by atoms with Crippen LogP contribution < -0.4 is 9.91 Å². The van der Waals surface area contributed by atoms with E-state index in [0.29, 0.717) is 23.3 Å². The number of aromatic nitrogens is 1. The molecule has 0 radical (unpaired) electrons. The van der Waals surface area contributed by atoms with Crippen molar-refractivity contribution in [2.75, 3.05) is 0 Å². The molecule has 1 aromatic heterocycles. The van der Waals surface area contributed by atoms with Gasteiger partial charge in [-0.1, -0.05) is 38.9 Å². The smallest absolute Gasteiger partial charge is 0.309 e. The van der Waals surface area contributed by atoms with Crippen molar-refractivity contribution in [2.24, 2.45) is 0 Å². The predicted molar refractivity (Wildman–Crippen MR) is 138 cm³/mol. The Balaban J connectivity index is 3.93. The molecule has 34 heavy (non-hydrogen) atoms. The second kappa shape index (κ2) is 11.6. The van der Waals surface area contributed by atoms with E-state index in [4.69, 9.17) is 4.74 Å². The first kappa shape index (κ1) is 31.4. The van der Waals surface area contributed by atoms with Crippen LogP contribution in [0.1, 0.15) is 74.4 Å². The lowest BCUT2D eigenvalue weighted by Gasteiger charge is -2.38. The van der Waals surface area contributed by atoms with Crippen LogP contribution in [-0.4, -0.2) is 40.4 Å². The molecule has 11 heteroatoms. The molecule has 0 saturated carbocycles. The number of hydrogen-bond donors (Lipinski definition) is 1. The molecule has 0 aromatic carbocycles. The summed E-state index contributed by atoms with van der Waals surface area (Å²) in [6, 6.07) is 3.69. The van der Waals surface area contributed by atoms with Gasteiger partial charge in [-0.25, -0.2) is 18.2 Å². The summed E-state index contributed by atoms with van der Waals surface area (Å²) in [6.07, 6.45) is -4.25. The highest BCUT2D eigenvalue weighted by molar-refractivity contribution is 9.10. The molecule has 1 aromatic rings. The SMILES string of the molecule is CC[Si](CC)(CC)c1cc(Br)nc([C@](CC(=O)OC(C)(C)C)(N[S+]([O-])C(C)(C)C)C(F)F)c1F. The van der Waals surface area contributed by atoms with Crippen molar-refractivity contribution in [3.05, 3.63) is 22.2 Å². The Morgan fingerprint density at radius 3 is 2.06 bits per heavy atom. The molecular weight excluding hydrogens is 549 g/mol. The minimum Gasteiger partial charge on any atom is -0.598 e. The molecule has 1 unspecified atom stereocenters. The number of nitrogens with zero attached hydrogens (tertiary/aromatic N) is 1. The van der Waals surface area contributed by atoms with Gasteiger partial charge in [-0.15, -0.1) is 4.72 Å². The highest BCUT2D eigenvalue weighted by atomic mass is 79.9. The molecule has 0 amide bonds. The van der Waals surface area contributed by atoms with Gasteiger partial charge in [-0.3, -0.25) is 4.79 Å². The zero-order chi connectivity index (χ0) is 26.7. The van der Waals surface area contributed by atoms with Crippen molar-refractivity contribution < 1.29 is 27.3 Å². The molecule has 1 heterocycles. The Morgan fingerprint density at radius 1 is 1.18 bits per heavy atom. The third-order valence-corrected chi connectivity index (χ3v) is 13.6. The van der Waals surface area contributed by atoms with Crippen LogP contribution in [0, 0.1) is 5.82 Å². The topological polar surface area (TPSA) is 74.3 Å². The van der Waals surface area contributed by atoms with E-state index in [1.165, 1.54) is 0 Å². The van der Waals surface area contributed by atoms with Gasteiger partial charge in [0.05, 0.1) is 14.5 Å². The Bertz CT molecular complexity index is 853. The third-order valence-electron chi connectivity index (χ3n) is 6.00. The molecular formula is C23H38BrF3N2O3SSi. The Hall–Kier alpha value is -0.623. The van der Waals surface area contributed by atoms with Gasteiger partial charge in [-0.2, -0.15) is 0 Å². The van der Waals surface area contributed by atoms with E-state index in [0.717, 1.165) is 0 Å².